The number of aliphatic hydroxyl groups excluding tert-OH is 1. The van der Waals surface area contributed by atoms with Gasteiger partial charge in [-0.25, -0.2) is 0 Å². The van der Waals surface area contributed by atoms with Gasteiger partial charge in [0.15, 0.2) is 0 Å². The van der Waals surface area contributed by atoms with Gasteiger partial charge in [0.1, 0.15) is 0 Å². The molecule has 1 unspecified atom stereocenters. The molecule has 1 aliphatic heterocycles. The minimum Gasteiger partial charge on any atom is -0.396 e. The lowest BCUT2D eigenvalue weighted by Crippen LogP contribution is -2.43. The summed E-state index contributed by atoms with van der Waals surface area (Å²) in [7, 11) is 0. The van der Waals surface area contributed by atoms with Gasteiger partial charge in [-0.3, -0.25) is 0 Å². The molecule has 0 aromatic heterocycles. The predicted octanol–water partition coefficient (Wildman–Crippen LogP) is 2.64. The Morgan fingerprint density at radius 3 is 2.60 bits per heavy atom. The van der Waals surface area contributed by atoms with E-state index < -0.39 is 0 Å². The lowest BCUT2D eigenvalue weighted by Gasteiger charge is -2.37. The Labute approximate surface area is 125 Å². The van der Waals surface area contributed by atoms with Gasteiger partial charge in [-0.1, -0.05) is 32.6 Å². The zero-order chi connectivity index (χ0) is 14.3. The van der Waals surface area contributed by atoms with Crippen LogP contribution in [0, 0.1) is 11.3 Å². The van der Waals surface area contributed by atoms with Crippen molar-refractivity contribution in [2.45, 2.75) is 58.3 Å². The van der Waals surface area contributed by atoms with Crippen LogP contribution in [0.15, 0.2) is 0 Å². The first-order chi connectivity index (χ1) is 9.78. The average molecular weight is 282 g/mol. The van der Waals surface area contributed by atoms with Gasteiger partial charge in [-0.2, -0.15) is 0 Å². The maximum absolute atomic E-state index is 9.11. The van der Waals surface area contributed by atoms with Gasteiger partial charge in [0.05, 0.1) is 0 Å². The van der Waals surface area contributed by atoms with Crippen molar-refractivity contribution in [2.24, 2.45) is 11.3 Å². The number of rotatable bonds is 7. The summed E-state index contributed by atoms with van der Waals surface area (Å²) >= 11 is 0. The van der Waals surface area contributed by atoms with Crippen LogP contribution < -0.4 is 5.32 Å². The normalized spacial score (nSPS) is 27.6. The van der Waals surface area contributed by atoms with Crippen molar-refractivity contribution < 1.29 is 5.11 Å². The first-order valence-corrected chi connectivity index (χ1v) is 8.82. The Morgan fingerprint density at radius 2 is 1.95 bits per heavy atom. The lowest BCUT2D eigenvalue weighted by molar-refractivity contribution is 0.141. The molecule has 2 N–H and O–H groups in total. The van der Waals surface area contributed by atoms with Crippen LogP contribution in [0.1, 0.15) is 58.3 Å². The molecule has 0 aromatic rings. The Balaban J connectivity index is 1.89. The highest BCUT2D eigenvalue weighted by Gasteiger charge is 2.34. The van der Waals surface area contributed by atoms with Gasteiger partial charge >= 0.3 is 0 Å². The fourth-order valence-electron chi connectivity index (χ4n) is 4.21. The molecule has 0 radical (unpaired) electrons. The molecule has 3 heteroatoms. The van der Waals surface area contributed by atoms with E-state index in [2.05, 4.69) is 17.1 Å². The largest absolute Gasteiger partial charge is 0.396 e. The van der Waals surface area contributed by atoms with Crippen molar-refractivity contribution in [3.05, 3.63) is 0 Å². The van der Waals surface area contributed by atoms with Gasteiger partial charge in [0.2, 0.25) is 0 Å². The molecule has 3 nitrogen and oxygen atoms in total. The molecule has 118 valence electrons. The quantitative estimate of drug-likeness (QED) is 0.705. The molecule has 1 heterocycles. The van der Waals surface area contributed by atoms with Crippen molar-refractivity contribution in [1.82, 2.24) is 10.2 Å². The second-order valence-electron chi connectivity index (χ2n) is 7.10. The van der Waals surface area contributed by atoms with Gasteiger partial charge < -0.3 is 15.3 Å². The zero-order valence-corrected chi connectivity index (χ0v) is 13.4. The van der Waals surface area contributed by atoms with Gasteiger partial charge in [-0.15, -0.1) is 0 Å². The molecule has 2 aliphatic rings. The summed E-state index contributed by atoms with van der Waals surface area (Å²) in [5.74, 6) is 0.738. The minimum atomic E-state index is 0.362. The van der Waals surface area contributed by atoms with Crippen LogP contribution in [-0.2, 0) is 0 Å². The van der Waals surface area contributed by atoms with Gasteiger partial charge in [0, 0.05) is 26.2 Å². The van der Waals surface area contributed by atoms with Gasteiger partial charge in [0.25, 0.3) is 0 Å². The summed E-state index contributed by atoms with van der Waals surface area (Å²) in [4.78, 5) is 2.68. The molecule has 1 atom stereocenters. The summed E-state index contributed by atoms with van der Waals surface area (Å²) in [6.07, 6.45) is 10.8. The van der Waals surface area contributed by atoms with E-state index in [9.17, 15) is 0 Å². The third-order valence-electron chi connectivity index (χ3n) is 5.38. The van der Waals surface area contributed by atoms with Crippen molar-refractivity contribution in [2.75, 3.05) is 39.3 Å². The van der Waals surface area contributed by atoms with Crippen LogP contribution in [0.5, 0.6) is 0 Å². The zero-order valence-electron chi connectivity index (χ0n) is 13.4. The summed E-state index contributed by atoms with van der Waals surface area (Å²) in [5, 5.41) is 12.7. The van der Waals surface area contributed by atoms with Crippen molar-refractivity contribution in [1.29, 1.82) is 0 Å². The van der Waals surface area contributed by atoms with Crippen molar-refractivity contribution in [3.8, 4) is 0 Å². The van der Waals surface area contributed by atoms with E-state index in [4.69, 9.17) is 5.11 Å². The van der Waals surface area contributed by atoms with Crippen LogP contribution in [0.25, 0.3) is 0 Å². The molecule has 20 heavy (non-hydrogen) atoms. The number of hydrogen-bond acceptors (Lipinski definition) is 3. The summed E-state index contributed by atoms with van der Waals surface area (Å²) in [6.45, 7) is 8.62. The van der Waals surface area contributed by atoms with Crippen molar-refractivity contribution >= 4 is 0 Å². The standard InChI is InChI=1S/C17H34N2O/c1-2-18-14-17(9-5-3-4-6-10-17)15-19-11-7-16(13-19)8-12-20/h16,18,20H,2-15H2,1H3. The van der Waals surface area contributed by atoms with Crippen LogP contribution >= 0.6 is 0 Å². The molecule has 2 rings (SSSR count). The van der Waals surface area contributed by atoms with E-state index in [1.165, 1.54) is 71.1 Å². The fraction of sp³-hybridized carbons (Fsp3) is 1.00. The molecule has 1 saturated carbocycles. The minimum absolute atomic E-state index is 0.362. The lowest BCUT2D eigenvalue weighted by atomic mass is 9.79. The third-order valence-corrected chi connectivity index (χ3v) is 5.38. The van der Waals surface area contributed by atoms with Crippen LogP contribution in [0.3, 0.4) is 0 Å². The maximum atomic E-state index is 9.11. The number of likely N-dealkylation sites (tertiary alicyclic amines) is 1. The molecule has 1 saturated heterocycles. The number of nitrogens with zero attached hydrogens (tertiary/aromatic N) is 1. The Bertz CT molecular complexity index is 262. The molecule has 0 aromatic carbocycles. The summed E-state index contributed by atoms with van der Waals surface area (Å²) in [6, 6.07) is 0. The smallest absolute Gasteiger partial charge is 0.0434 e. The van der Waals surface area contributed by atoms with E-state index in [-0.39, 0.29) is 0 Å². The first kappa shape index (κ1) is 16.3. The van der Waals surface area contributed by atoms with E-state index in [0.717, 1.165) is 18.9 Å². The van der Waals surface area contributed by atoms with E-state index in [1.54, 1.807) is 0 Å². The highest BCUT2D eigenvalue weighted by Crippen LogP contribution is 2.36. The SMILES string of the molecule is CCNCC1(CN2CCC(CCO)C2)CCCCCC1. The molecule has 0 bridgehead atoms. The number of aliphatic hydroxyl groups is 1. The summed E-state index contributed by atoms with van der Waals surface area (Å²) in [5.41, 5.74) is 0.514. The fourth-order valence-corrected chi connectivity index (χ4v) is 4.21. The first-order valence-electron chi connectivity index (χ1n) is 8.82. The molecular formula is C17H34N2O. The Morgan fingerprint density at radius 1 is 1.20 bits per heavy atom. The molecule has 0 spiro atoms. The Kier molecular flexibility index (Phi) is 6.79. The van der Waals surface area contributed by atoms with E-state index in [1.807, 2.05) is 0 Å². The highest BCUT2D eigenvalue weighted by atomic mass is 16.3. The van der Waals surface area contributed by atoms with E-state index in [0.29, 0.717) is 12.0 Å². The third kappa shape index (κ3) is 4.71. The molecule has 2 fully saturated rings. The van der Waals surface area contributed by atoms with Crippen molar-refractivity contribution in [3.63, 3.8) is 0 Å². The van der Waals surface area contributed by atoms with Crippen LogP contribution in [0.4, 0.5) is 0 Å². The average Bonchev–Trinajstić information content (AvgIpc) is 2.74. The van der Waals surface area contributed by atoms with Crippen LogP contribution in [0.2, 0.25) is 0 Å². The monoisotopic (exact) mass is 282 g/mol. The maximum Gasteiger partial charge on any atom is 0.0434 e. The number of nitrogens with one attached hydrogen (secondary N) is 1. The second kappa shape index (κ2) is 8.35. The molecule has 1 aliphatic carbocycles. The topological polar surface area (TPSA) is 35.5 Å². The molecule has 0 amide bonds. The Hall–Kier alpha value is -0.120. The highest BCUT2D eigenvalue weighted by molar-refractivity contribution is 4.89. The second-order valence-corrected chi connectivity index (χ2v) is 7.10. The predicted molar refractivity (Wildman–Crippen MR) is 84.9 cm³/mol. The molecular weight excluding hydrogens is 248 g/mol. The summed E-state index contributed by atoms with van der Waals surface area (Å²) < 4.78 is 0. The number of hydrogen-bond donors (Lipinski definition) is 2. The van der Waals surface area contributed by atoms with Gasteiger partial charge in [-0.05, 0) is 50.1 Å². The van der Waals surface area contributed by atoms with E-state index >= 15 is 0 Å². The van der Waals surface area contributed by atoms with Crippen LogP contribution in [-0.4, -0.2) is 49.3 Å².